The summed E-state index contributed by atoms with van der Waals surface area (Å²) in [5.41, 5.74) is 0.574. The summed E-state index contributed by atoms with van der Waals surface area (Å²) in [6.45, 7) is 1.17. The van der Waals surface area contributed by atoms with Crippen LogP contribution in [0.15, 0.2) is 18.2 Å². The molecule has 0 atom stereocenters. The third-order valence-corrected chi connectivity index (χ3v) is 6.36. The van der Waals surface area contributed by atoms with Crippen molar-refractivity contribution in [1.29, 1.82) is 0 Å². The summed E-state index contributed by atoms with van der Waals surface area (Å²) in [5.74, 6) is -0.662. The SMILES string of the molecule is CN1c2ccc(F)cc2C(=O)NC12CCN(C(=O)NC1CCCCC1)CC2. The van der Waals surface area contributed by atoms with Crippen LogP contribution in [0, 0.1) is 5.82 Å². The van der Waals surface area contributed by atoms with Gasteiger partial charge in [0, 0.05) is 39.0 Å². The first-order chi connectivity index (χ1) is 13.0. The van der Waals surface area contributed by atoms with E-state index in [0.29, 0.717) is 37.5 Å². The smallest absolute Gasteiger partial charge is 0.317 e. The molecule has 7 heteroatoms. The molecule has 2 fully saturated rings. The normalized spacial score (nSPS) is 22.4. The van der Waals surface area contributed by atoms with Gasteiger partial charge < -0.3 is 20.4 Å². The van der Waals surface area contributed by atoms with E-state index in [2.05, 4.69) is 10.6 Å². The largest absolute Gasteiger partial charge is 0.351 e. The highest BCUT2D eigenvalue weighted by Gasteiger charge is 2.45. The Balaban J connectivity index is 1.43. The molecule has 6 nitrogen and oxygen atoms in total. The molecule has 1 aliphatic carbocycles. The zero-order chi connectivity index (χ0) is 19.0. The molecule has 0 aromatic heterocycles. The van der Waals surface area contributed by atoms with Crippen LogP contribution >= 0.6 is 0 Å². The van der Waals surface area contributed by atoms with E-state index < -0.39 is 11.5 Å². The molecule has 0 radical (unpaired) electrons. The number of likely N-dealkylation sites (tertiary alicyclic amines) is 1. The Morgan fingerprint density at radius 3 is 2.63 bits per heavy atom. The lowest BCUT2D eigenvalue weighted by Crippen LogP contribution is -2.67. The maximum absolute atomic E-state index is 13.5. The van der Waals surface area contributed by atoms with Gasteiger partial charge in [-0.1, -0.05) is 19.3 Å². The lowest BCUT2D eigenvalue weighted by atomic mass is 9.90. The van der Waals surface area contributed by atoms with Crippen LogP contribution in [0.5, 0.6) is 0 Å². The number of piperidine rings is 1. The van der Waals surface area contributed by atoms with Crippen LogP contribution in [0.25, 0.3) is 0 Å². The van der Waals surface area contributed by atoms with Crippen molar-refractivity contribution in [2.45, 2.75) is 56.7 Å². The minimum atomic E-state index is -0.524. The lowest BCUT2D eigenvalue weighted by Gasteiger charge is -2.51. The number of benzene rings is 1. The average molecular weight is 374 g/mol. The molecule has 1 saturated carbocycles. The van der Waals surface area contributed by atoms with Crippen molar-refractivity contribution in [1.82, 2.24) is 15.5 Å². The number of halogens is 1. The Morgan fingerprint density at radius 1 is 1.22 bits per heavy atom. The van der Waals surface area contributed by atoms with E-state index >= 15 is 0 Å². The van der Waals surface area contributed by atoms with Gasteiger partial charge in [-0.2, -0.15) is 0 Å². The Bertz CT molecular complexity index is 739. The summed E-state index contributed by atoms with van der Waals surface area (Å²) in [6.07, 6.45) is 7.05. The first-order valence-electron chi connectivity index (χ1n) is 9.90. The van der Waals surface area contributed by atoms with Gasteiger partial charge >= 0.3 is 6.03 Å². The van der Waals surface area contributed by atoms with E-state index in [4.69, 9.17) is 0 Å². The molecule has 1 spiro atoms. The van der Waals surface area contributed by atoms with Crippen LogP contribution in [0.2, 0.25) is 0 Å². The second kappa shape index (κ2) is 7.02. The molecular weight excluding hydrogens is 347 g/mol. The molecule has 1 saturated heterocycles. The molecule has 3 amide bonds. The summed E-state index contributed by atoms with van der Waals surface area (Å²) in [7, 11) is 1.92. The Kier molecular flexibility index (Phi) is 4.70. The number of hydrogen-bond acceptors (Lipinski definition) is 3. The predicted molar refractivity (Wildman–Crippen MR) is 101 cm³/mol. The third-order valence-electron chi connectivity index (χ3n) is 6.36. The number of nitrogens with zero attached hydrogens (tertiary/aromatic N) is 2. The molecule has 27 heavy (non-hydrogen) atoms. The first-order valence-corrected chi connectivity index (χ1v) is 9.90. The molecular formula is C20H27FN4O2. The van der Waals surface area contributed by atoms with Crippen LogP contribution in [-0.2, 0) is 0 Å². The molecule has 146 valence electrons. The quantitative estimate of drug-likeness (QED) is 0.794. The standard InChI is InChI=1S/C20H27FN4O2/c1-24-17-8-7-14(21)13-16(17)18(26)23-20(24)9-11-25(12-10-20)19(27)22-15-5-3-2-4-6-15/h7-8,13,15H,2-6,9-12H2,1H3,(H,22,27)(H,23,26). The monoisotopic (exact) mass is 374 g/mol. The number of fused-ring (bicyclic) bond motifs is 1. The number of carbonyl (C=O) groups excluding carboxylic acids is 2. The van der Waals surface area contributed by atoms with Gasteiger partial charge in [0.15, 0.2) is 0 Å². The van der Waals surface area contributed by atoms with E-state index in [1.54, 1.807) is 6.07 Å². The van der Waals surface area contributed by atoms with E-state index in [0.717, 1.165) is 18.5 Å². The van der Waals surface area contributed by atoms with Gasteiger partial charge in [0.25, 0.3) is 5.91 Å². The van der Waals surface area contributed by atoms with Crippen molar-refractivity contribution in [2.24, 2.45) is 0 Å². The number of rotatable bonds is 1. The van der Waals surface area contributed by atoms with E-state index in [-0.39, 0.29) is 11.9 Å². The fraction of sp³-hybridized carbons (Fsp3) is 0.600. The third kappa shape index (κ3) is 3.35. The number of anilines is 1. The van der Waals surface area contributed by atoms with Gasteiger partial charge in [-0.05, 0) is 31.0 Å². The average Bonchev–Trinajstić information content (AvgIpc) is 2.67. The topological polar surface area (TPSA) is 64.7 Å². The van der Waals surface area contributed by atoms with E-state index in [1.165, 1.54) is 31.4 Å². The van der Waals surface area contributed by atoms with Crippen molar-refractivity contribution >= 4 is 17.6 Å². The summed E-state index contributed by atoms with van der Waals surface area (Å²) in [4.78, 5) is 29.0. The van der Waals surface area contributed by atoms with Gasteiger partial charge in [0.1, 0.15) is 11.5 Å². The summed E-state index contributed by atoms with van der Waals surface area (Å²) >= 11 is 0. The fourth-order valence-electron chi connectivity index (χ4n) is 4.63. The van der Waals surface area contributed by atoms with Crippen molar-refractivity contribution < 1.29 is 14.0 Å². The first kappa shape index (κ1) is 18.1. The maximum Gasteiger partial charge on any atom is 0.317 e. The highest BCUT2D eigenvalue weighted by atomic mass is 19.1. The zero-order valence-electron chi connectivity index (χ0n) is 15.8. The Hall–Kier alpha value is -2.31. The summed E-state index contributed by atoms with van der Waals surface area (Å²) < 4.78 is 13.5. The Morgan fingerprint density at radius 2 is 1.93 bits per heavy atom. The second-order valence-corrected chi connectivity index (χ2v) is 7.98. The molecule has 0 unspecified atom stereocenters. The maximum atomic E-state index is 13.5. The molecule has 2 heterocycles. The lowest BCUT2D eigenvalue weighted by molar-refractivity contribution is 0.0807. The summed E-state index contributed by atoms with van der Waals surface area (Å²) in [6, 6.07) is 4.62. The van der Waals surface area contributed by atoms with E-state index in [9.17, 15) is 14.0 Å². The number of urea groups is 1. The second-order valence-electron chi connectivity index (χ2n) is 7.98. The van der Waals surface area contributed by atoms with Gasteiger partial charge in [-0.25, -0.2) is 9.18 Å². The Labute approximate surface area is 159 Å². The summed E-state index contributed by atoms with van der Waals surface area (Å²) in [5, 5.41) is 6.23. The van der Waals surface area contributed by atoms with E-state index in [1.807, 2.05) is 16.8 Å². The number of hydrogen-bond donors (Lipinski definition) is 2. The van der Waals surface area contributed by atoms with Crippen LogP contribution < -0.4 is 15.5 Å². The van der Waals surface area contributed by atoms with Crippen molar-refractivity contribution in [2.75, 3.05) is 25.0 Å². The molecule has 2 N–H and O–H groups in total. The fourth-order valence-corrected chi connectivity index (χ4v) is 4.63. The van der Waals surface area contributed by atoms with Crippen molar-refractivity contribution in [3.63, 3.8) is 0 Å². The van der Waals surface area contributed by atoms with Gasteiger partial charge in [-0.15, -0.1) is 0 Å². The van der Waals surface area contributed by atoms with Crippen molar-refractivity contribution in [3.05, 3.63) is 29.6 Å². The number of carbonyl (C=O) groups is 2. The zero-order valence-corrected chi connectivity index (χ0v) is 15.8. The van der Waals surface area contributed by atoms with Crippen LogP contribution in [0.1, 0.15) is 55.3 Å². The molecule has 1 aromatic rings. The highest BCUT2D eigenvalue weighted by molar-refractivity contribution is 6.02. The van der Waals surface area contributed by atoms with Crippen LogP contribution in [0.3, 0.4) is 0 Å². The van der Waals surface area contributed by atoms with Gasteiger partial charge in [0.2, 0.25) is 0 Å². The minimum absolute atomic E-state index is 0.00371. The van der Waals surface area contributed by atoms with Crippen LogP contribution in [-0.4, -0.2) is 48.7 Å². The van der Waals surface area contributed by atoms with Crippen molar-refractivity contribution in [3.8, 4) is 0 Å². The molecule has 4 rings (SSSR count). The minimum Gasteiger partial charge on any atom is -0.351 e. The molecule has 0 bridgehead atoms. The van der Waals surface area contributed by atoms with Crippen LogP contribution in [0.4, 0.5) is 14.9 Å². The molecule has 2 aliphatic heterocycles. The number of amides is 3. The predicted octanol–water partition coefficient (Wildman–Crippen LogP) is 2.84. The highest BCUT2D eigenvalue weighted by Crippen LogP contribution is 2.36. The van der Waals surface area contributed by atoms with Gasteiger partial charge in [-0.3, -0.25) is 4.79 Å². The van der Waals surface area contributed by atoms with Gasteiger partial charge in [0.05, 0.1) is 11.3 Å². The number of nitrogens with one attached hydrogen (secondary N) is 2. The molecule has 3 aliphatic rings. The molecule has 1 aromatic carbocycles.